The molecule has 0 aliphatic heterocycles. The predicted octanol–water partition coefficient (Wildman–Crippen LogP) is 3.91. The van der Waals surface area contributed by atoms with Crippen LogP contribution in [0.5, 0.6) is 5.75 Å². The van der Waals surface area contributed by atoms with Crippen LogP contribution < -0.4 is 4.74 Å². The van der Waals surface area contributed by atoms with Crippen molar-refractivity contribution in [2.24, 2.45) is 11.8 Å². The molecule has 0 radical (unpaired) electrons. The fourth-order valence-corrected chi connectivity index (χ4v) is 5.05. The van der Waals surface area contributed by atoms with E-state index in [4.69, 9.17) is 27.9 Å². The highest BCUT2D eigenvalue weighted by atomic mass is 35.5. The van der Waals surface area contributed by atoms with E-state index in [1.165, 1.54) is 11.1 Å². The summed E-state index contributed by atoms with van der Waals surface area (Å²) in [4.78, 5) is 0. The van der Waals surface area contributed by atoms with Gasteiger partial charge in [-0.3, -0.25) is 0 Å². The molecular formula is C15H14Cl2O. The van der Waals surface area contributed by atoms with Crippen LogP contribution in [0.2, 0.25) is 0 Å². The molecule has 0 N–H and O–H groups in total. The molecule has 0 saturated heterocycles. The normalized spacial score (nSPS) is 43.1. The summed E-state index contributed by atoms with van der Waals surface area (Å²) in [6.45, 7) is 0. The van der Waals surface area contributed by atoms with E-state index in [9.17, 15) is 0 Å². The lowest BCUT2D eigenvalue weighted by Gasteiger charge is -2.58. The number of methoxy groups -OCH3 is 1. The Hall–Kier alpha value is -0.660. The third-order valence-electron chi connectivity index (χ3n) is 4.85. The number of alkyl halides is 2. The van der Waals surface area contributed by atoms with E-state index < -0.39 is 0 Å². The molecule has 5 rings (SSSR count). The van der Waals surface area contributed by atoms with Crippen molar-refractivity contribution in [1.29, 1.82) is 0 Å². The third kappa shape index (κ3) is 1.15. The van der Waals surface area contributed by atoms with Crippen molar-refractivity contribution in [3.05, 3.63) is 41.5 Å². The van der Waals surface area contributed by atoms with Gasteiger partial charge < -0.3 is 4.74 Å². The number of hydrogen-bond acceptors (Lipinski definition) is 1. The van der Waals surface area contributed by atoms with Crippen LogP contribution in [0.1, 0.15) is 23.0 Å². The molecule has 1 fully saturated rings. The lowest BCUT2D eigenvalue weighted by molar-refractivity contribution is 0.128. The molecule has 94 valence electrons. The SMILES string of the molecule is COc1cccc2c1[C@@H]1C=C[C@@H]2[C@H]2[C@@H](Cl)[C@@H](Cl)[C@@H]21. The van der Waals surface area contributed by atoms with E-state index in [1.54, 1.807) is 7.11 Å². The topological polar surface area (TPSA) is 9.23 Å². The van der Waals surface area contributed by atoms with Crippen molar-refractivity contribution in [2.45, 2.75) is 22.6 Å². The Balaban J connectivity index is 1.91. The first-order chi connectivity index (χ1) is 8.74. The highest BCUT2D eigenvalue weighted by Gasteiger charge is 2.59. The summed E-state index contributed by atoms with van der Waals surface area (Å²) < 4.78 is 5.53. The number of ether oxygens (including phenoxy) is 1. The predicted molar refractivity (Wildman–Crippen MR) is 73.9 cm³/mol. The quantitative estimate of drug-likeness (QED) is 0.560. The Kier molecular flexibility index (Phi) is 2.29. The van der Waals surface area contributed by atoms with Gasteiger partial charge in [-0.25, -0.2) is 0 Å². The summed E-state index contributed by atoms with van der Waals surface area (Å²) in [6, 6.07) is 6.32. The zero-order valence-electron chi connectivity index (χ0n) is 10.0. The summed E-state index contributed by atoms with van der Waals surface area (Å²) in [5.74, 6) is 2.77. The molecule has 2 bridgehead atoms. The van der Waals surface area contributed by atoms with Crippen LogP contribution in [-0.4, -0.2) is 17.9 Å². The van der Waals surface area contributed by atoms with Crippen LogP contribution in [0.15, 0.2) is 30.4 Å². The van der Waals surface area contributed by atoms with Gasteiger partial charge >= 0.3 is 0 Å². The first-order valence-corrected chi connectivity index (χ1v) is 7.24. The van der Waals surface area contributed by atoms with E-state index >= 15 is 0 Å². The Morgan fingerprint density at radius 1 is 1.00 bits per heavy atom. The van der Waals surface area contributed by atoms with Crippen LogP contribution in [0.25, 0.3) is 0 Å². The minimum absolute atomic E-state index is 0.0900. The van der Waals surface area contributed by atoms with Gasteiger partial charge in [-0.2, -0.15) is 0 Å². The molecule has 0 amide bonds. The molecule has 1 aromatic carbocycles. The van der Waals surface area contributed by atoms with Gasteiger partial charge in [0.2, 0.25) is 0 Å². The molecule has 3 heteroatoms. The Morgan fingerprint density at radius 2 is 1.67 bits per heavy atom. The first kappa shape index (κ1) is 11.2. The summed E-state index contributed by atoms with van der Waals surface area (Å²) >= 11 is 12.8. The van der Waals surface area contributed by atoms with Gasteiger partial charge in [0.1, 0.15) is 5.75 Å². The monoisotopic (exact) mass is 280 g/mol. The summed E-state index contributed by atoms with van der Waals surface area (Å²) in [7, 11) is 1.74. The van der Waals surface area contributed by atoms with Crippen molar-refractivity contribution in [3.63, 3.8) is 0 Å². The largest absolute Gasteiger partial charge is 0.496 e. The molecule has 4 aliphatic carbocycles. The fourth-order valence-electron chi connectivity index (χ4n) is 4.06. The maximum Gasteiger partial charge on any atom is 0.122 e. The van der Waals surface area contributed by atoms with Crippen LogP contribution in [0.4, 0.5) is 0 Å². The van der Waals surface area contributed by atoms with E-state index in [-0.39, 0.29) is 10.8 Å². The molecule has 18 heavy (non-hydrogen) atoms. The van der Waals surface area contributed by atoms with Crippen molar-refractivity contribution in [1.82, 2.24) is 0 Å². The molecule has 1 aromatic rings. The minimum atomic E-state index is 0.0900. The number of rotatable bonds is 1. The van der Waals surface area contributed by atoms with E-state index in [2.05, 4.69) is 24.3 Å². The van der Waals surface area contributed by atoms with Crippen molar-refractivity contribution in [2.75, 3.05) is 7.11 Å². The van der Waals surface area contributed by atoms with Crippen LogP contribution in [0, 0.1) is 11.8 Å². The summed E-state index contributed by atoms with van der Waals surface area (Å²) in [5, 5.41) is 0.195. The van der Waals surface area contributed by atoms with Crippen LogP contribution in [0.3, 0.4) is 0 Å². The molecular weight excluding hydrogens is 267 g/mol. The first-order valence-electron chi connectivity index (χ1n) is 6.37. The van der Waals surface area contributed by atoms with Gasteiger partial charge in [-0.1, -0.05) is 24.3 Å². The Bertz CT molecular complexity index is 539. The smallest absolute Gasteiger partial charge is 0.122 e. The Morgan fingerprint density at radius 3 is 2.39 bits per heavy atom. The molecule has 6 atom stereocenters. The van der Waals surface area contributed by atoms with Crippen LogP contribution in [-0.2, 0) is 0 Å². The van der Waals surface area contributed by atoms with Gasteiger partial charge in [-0.05, 0) is 23.5 Å². The van der Waals surface area contributed by atoms with Crippen LogP contribution >= 0.6 is 23.2 Å². The second-order valence-corrected chi connectivity index (χ2v) is 6.45. The minimum Gasteiger partial charge on any atom is -0.496 e. The van der Waals surface area contributed by atoms with Crippen molar-refractivity contribution < 1.29 is 4.74 Å². The second-order valence-electron chi connectivity index (χ2n) is 5.44. The van der Waals surface area contributed by atoms with Gasteiger partial charge in [0.05, 0.1) is 17.9 Å². The maximum absolute atomic E-state index is 6.42. The van der Waals surface area contributed by atoms with Gasteiger partial charge in [0.25, 0.3) is 0 Å². The van der Waals surface area contributed by atoms with E-state index in [0.29, 0.717) is 23.7 Å². The lowest BCUT2D eigenvalue weighted by Crippen LogP contribution is -2.57. The fraction of sp³-hybridized carbons (Fsp3) is 0.467. The van der Waals surface area contributed by atoms with Gasteiger partial charge in [0, 0.05) is 17.4 Å². The molecule has 0 unspecified atom stereocenters. The maximum atomic E-state index is 6.42. The summed E-state index contributed by atoms with van der Waals surface area (Å²) in [6.07, 6.45) is 4.61. The number of hydrogen-bond donors (Lipinski definition) is 0. The average molecular weight is 281 g/mol. The van der Waals surface area contributed by atoms with Crippen molar-refractivity contribution >= 4 is 23.2 Å². The highest BCUT2D eigenvalue weighted by molar-refractivity contribution is 6.31. The average Bonchev–Trinajstić information content (AvgIpc) is 2.45. The zero-order chi connectivity index (χ0) is 12.4. The molecule has 0 spiro atoms. The number of benzene rings is 1. The molecule has 1 saturated carbocycles. The molecule has 0 aromatic heterocycles. The van der Waals surface area contributed by atoms with Gasteiger partial charge in [-0.15, -0.1) is 23.2 Å². The zero-order valence-corrected chi connectivity index (χ0v) is 11.5. The second kappa shape index (κ2) is 3.68. The Labute approximate surface area is 117 Å². The molecule has 0 heterocycles. The highest BCUT2D eigenvalue weighted by Crippen LogP contribution is 2.64. The third-order valence-corrected chi connectivity index (χ3v) is 6.11. The molecule has 1 nitrogen and oxygen atoms in total. The standard InChI is InChI=1S/C15H14Cl2O/c1-18-10-4-2-3-7-8-5-6-9(11(7)10)13-12(8)14(16)15(13)17/h2-6,8-9,12-15H,1H3/t8-,9-,12+,13+,14+,15-/m0/s1. The lowest BCUT2D eigenvalue weighted by atomic mass is 9.51. The number of allylic oxidation sites excluding steroid dienone is 2. The van der Waals surface area contributed by atoms with E-state index in [1.807, 2.05) is 6.07 Å². The molecule has 4 aliphatic rings. The summed E-state index contributed by atoms with van der Waals surface area (Å²) in [5.41, 5.74) is 2.72. The van der Waals surface area contributed by atoms with Crippen molar-refractivity contribution in [3.8, 4) is 5.75 Å². The number of halogens is 2. The van der Waals surface area contributed by atoms with Gasteiger partial charge in [0.15, 0.2) is 0 Å². The van der Waals surface area contributed by atoms with E-state index in [0.717, 1.165) is 5.75 Å².